The van der Waals surface area contributed by atoms with Crippen molar-refractivity contribution in [3.63, 3.8) is 0 Å². The maximum Gasteiger partial charge on any atom is 0.253 e. The van der Waals surface area contributed by atoms with Gasteiger partial charge in [-0.3, -0.25) is 4.79 Å². The fraction of sp³-hybridized carbons (Fsp3) is 0.545. The van der Waals surface area contributed by atoms with Crippen molar-refractivity contribution in [3.8, 4) is 0 Å². The molecule has 0 saturated carbocycles. The van der Waals surface area contributed by atoms with Gasteiger partial charge in [-0.05, 0) is 38.8 Å². The van der Waals surface area contributed by atoms with E-state index < -0.39 is 0 Å². The summed E-state index contributed by atoms with van der Waals surface area (Å²) < 4.78 is 1.87. The molecule has 0 unspecified atom stereocenters. The predicted octanol–water partition coefficient (Wildman–Crippen LogP) is 2.05. The van der Waals surface area contributed by atoms with Gasteiger partial charge in [0.2, 0.25) is 0 Å². The van der Waals surface area contributed by atoms with Crippen molar-refractivity contribution >= 4 is 0 Å². The van der Waals surface area contributed by atoms with Gasteiger partial charge in [-0.15, -0.1) is 0 Å². The molecule has 1 aromatic rings. The minimum Gasteiger partial charge on any atom is -0.312 e. The Morgan fingerprint density at radius 3 is 2.31 bits per heavy atom. The number of pyridine rings is 1. The maximum atomic E-state index is 11.7. The third-order valence-corrected chi connectivity index (χ3v) is 2.45. The number of aromatic nitrogens is 1. The summed E-state index contributed by atoms with van der Waals surface area (Å²) in [5.41, 5.74) is 3.39. The maximum absolute atomic E-state index is 11.7. The van der Waals surface area contributed by atoms with Crippen LogP contribution in [0.5, 0.6) is 0 Å². The Balaban J connectivity index is 3.51. The summed E-state index contributed by atoms with van der Waals surface area (Å²) in [4.78, 5) is 11.7. The first kappa shape index (κ1) is 10.0. The normalized spacial score (nSPS) is 10.5. The highest BCUT2D eigenvalue weighted by atomic mass is 16.1. The van der Waals surface area contributed by atoms with Gasteiger partial charge in [0, 0.05) is 17.8 Å². The molecule has 0 aliphatic rings. The third-order valence-electron chi connectivity index (χ3n) is 2.45. The molecule has 0 amide bonds. The van der Waals surface area contributed by atoms with E-state index >= 15 is 0 Å². The molecule has 0 aliphatic carbocycles. The molecule has 0 bridgehead atoms. The molecule has 0 aromatic carbocycles. The summed E-state index contributed by atoms with van der Waals surface area (Å²) in [5, 5.41) is 0. The standard InChI is InChI=1S/C11H17NO/c1-5-10-8(3)7-9(4)11(13)12(10)6-2/h7H,5-6H2,1-4H3. The first-order chi connectivity index (χ1) is 6.11. The van der Waals surface area contributed by atoms with E-state index in [9.17, 15) is 4.79 Å². The van der Waals surface area contributed by atoms with E-state index in [1.54, 1.807) is 0 Å². The van der Waals surface area contributed by atoms with Crippen LogP contribution in [0.1, 0.15) is 30.7 Å². The van der Waals surface area contributed by atoms with Crippen LogP contribution in [-0.2, 0) is 13.0 Å². The minimum atomic E-state index is 0.157. The van der Waals surface area contributed by atoms with Gasteiger partial charge in [0.05, 0.1) is 0 Å². The van der Waals surface area contributed by atoms with E-state index in [0.29, 0.717) is 0 Å². The molecule has 1 rings (SSSR count). The molecule has 2 heteroatoms. The van der Waals surface area contributed by atoms with Crippen LogP contribution < -0.4 is 5.56 Å². The van der Waals surface area contributed by atoms with Crippen LogP contribution in [0.3, 0.4) is 0 Å². The SMILES string of the molecule is CCc1c(C)cc(C)c(=O)n1CC. The predicted molar refractivity (Wildman–Crippen MR) is 55.2 cm³/mol. The summed E-state index contributed by atoms with van der Waals surface area (Å²) in [6.07, 6.45) is 0.926. The zero-order valence-corrected chi connectivity index (χ0v) is 8.85. The lowest BCUT2D eigenvalue weighted by Gasteiger charge is -2.13. The van der Waals surface area contributed by atoms with Crippen molar-refractivity contribution in [1.82, 2.24) is 4.57 Å². The molecular formula is C11H17NO. The Kier molecular flexibility index (Phi) is 2.91. The average molecular weight is 179 g/mol. The van der Waals surface area contributed by atoms with E-state index in [-0.39, 0.29) is 5.56 Å². The Morgan fingerprint density at radius 1 is 1.23 bits per heavy atom. The molecule has 0 fully saturated rings. The minimum absolute atomic E-state index is 0.157. The largest absolute Gasteiger partial charge is 0.312 e. The second kappa shape index (κ2) is 3.77. The van der Waals surface area contributed by atoms with Gasteiger partial charge in [0.1, 0.15) is 0 Å². The number of nitrogens with zero attached hydrogens (tertiary/aromatic N) is 1. The van der Waals surface area contributed by atoms with Crippen molar-refractivity contribution in [2.24, 2.45) is 0 Å². The molecule has 13 heavy (non-hydrogen) atoms. The Morgan fingerprint density at radius 2 is 1.85 bits per heavy atom. The Bertz CT molecular complexity index is 363. The number of rotatable bonds is 2. The van der Waals surface area contributed by atoms with Crippen molar-refractivity contribution in [2.75, 3.05) is 0 Å². The molecule has 0 aliphatic heterocycles. The van der Waals surface area contributed by atoms with E-state index in [1.165, 1.54) is 5.56 Å². The highest BCUT2D eigenvalue weighted by molar-refractivity contribution is 5.24. The lowest BCUT2D eigenvalue weighted by Crippen LogP contribution is -2.25. The summed E-state index contributed by atoms with van der Waals surface area (Å²) in [6.45, 7) is 8.81. The van der Waals surface area contributed by atoms with Crippen molar-refractivity contribution in [2.45, 2.75) is 40.7 Å². The number of aryl methyl sites for hydroxylation is 2. The first-order valence-electron chi connectivity index (χ1n) is 4.81. The molecule has 0 spiro atoms. The van der Waals surface area contributed by atoms with Crippen LogP contribution in [0.2, 0.25) is 0 Å². The van der Waals surface area contributed by atoms with Crippen LogP contribution in [-0.4, -0.2) is 4.57 Å². The first-order valence-corrected chi connectivity index (χ1v) is 4.81. The van der Waals surface area contributed by atoms with Gasteiger partial charge in [-0.2, -0.15) is 0 Å². The zero-order valence-electron chi connectivity index (χ0n) is 8.85. The third kappa shape index (κ3) is 1.67. The van der Waals surface area contributed by atoms with Gasteiger partial charge in [0.15, 0.2) is 0 Å². The highest BCUT2D eigenvalue weighted by Crippen LogP contribution is 2.07. The van der Waals surface area contributed by atoms with Gasteiger partial charge in [-0.1, -0.05) is 6.92 Å². The molecule has 1 heterocycles. The average Bonchev–Trinajstić information content (AvgIpc) is 2.10. The zero-order chi connectivity index (χ0) is 10.0. The second-order valence-corrected chi connectivity index (χ2v) is 3.36. The van der Waals surface area contributed by atoms with E-state index in [1.807, 2.05) is 24.5 Å². The molecule has 0 atom stereocenters. The van der Waals surface area contributed by atoms with E-state index in [2.05, 4.69) is 13.8 Å². The van der Waals surface area contributed by atoms with Crippen molar-refractivity contribution < 1.29 is 0 Å². The van der Waals surface area contributed by atoms with Crippen LogP contribution in [0.25, 0.3) is 0 Å². The van der Waals surface area contributed by atoms with E-state index in [0.717, 1.165) is 24.2 Å². The molecule has 0 saturated heterocycles. The second-order valence-electron chi connectivity index (χ2n) is 3.36. The van der Waals surface area contributed by atoms with Crippen LogP contribution in [0, 0.1) is 13.8 Å². The summed E-state index contributed by atoms with van der Waals surface area (Å²) in [7, 11) is 0. The number of hydrogen-bond acceptors (Lipinski definition) is 1. The number of hydrogen-bond donors (Lipinski definition) is 0. The fourth-order valence-electron chi connectivity index (χ4n) is 1.82. The molecule has 72 valence electrons. The monoisotopic (exact) mass is 179 g/mol. The van der Waals surface area contributed by atoms with Gasteiger partial charge in [0.25, 0.3) is 5.56 Å². The smallest absolute Gasteiger partial charge is 0.253 e. The topological polar surface area (TPSA) is 22.0 Å². The summed E-state index contributed by atoms with van der Waals surface area (Å²) in [6, 6.07) is 1.98. The van der Waals surface area contributed by atoms with Crippen LogP contribution in [0.4, 0.5) is 0 Å². The highest BCUT2D eigenvalue weighted by Gasteiger charge is 2.06. The lowest BCUT2D eigenvalue weighted by molar-refractivity contribution is 0.670. The molecule has 1 aromatic heterocycles. The van der Waals surface area contributed by atoms with Crippen molar-refractivity contribution in [3.05, 3.63) is 33.2 Å². The lowest BCUT2D eigenvalue weighted by atomic mass is 10.1. The molecule has 2 nitrogen and oxygen atoms in total. The fourth-order valence-corrected chi connectivity index (χ4v) is 1.82. The molecule has 0 N–H and O–H groups in total. The van der Waals surface area contributed by atoms with Crippen LogP contribution >= 0.6 is 0 Å². The van der Waals surface area contributed by atoms with Gasteiger partial charge >= 0.3 is 0 Å². The summed E-state index contributed by atoms with van der Waals surface area (Å²) in [5.74, 6) is 0. The van der Waals surface area contributed by atoms with Gasteiger partial charge in [-0.25, -0.2) is 0 Å². The summed E-state index contributed by atoms with van der Waals surface area (Å²) >= 11 is 0. The van der Waals surface area contributed by atoms with E-state index in [4.69, 9.17) is 0 Å². The van der Waals surface area contributed by atoms with Crippen LogP contribution in [0.15, 0.2) is 10.9 Å². The Hall–Kier alpha value is -1.05. The molecule has 0 radical (unpaired) electrons. The van der Waals surface area contributed by atoms with Crippen molar-refractivity contribution in [1.29, 1.82) is 0 Å². The molecular weight excluding hydrogens is 162 g/mol. The quantitative estimate of drug-likeness (QED) is 0.681. The van der Waals surface area contributed by atoms with Gasteiger partial charge < -0.3 is 4.57 Å². The Labute approximate surface area is 79.2 Å².